The molecule has 1 N–H and O–H groups in total. The van der Waals surface area contributed by atoms with Crippen LogP contribution >= 0.6 is 0 Å². The number of nitrogens with zero attached hydrogens (tertiary/aromatic N) is 3. The Kier molecular flexibility index (Phi) is 4.81. The number of carbonyl (C=O) groups is 3. The van der Waals surface area contributed by atoms with E-state index in [1.54, 1.807) is 0 Å². The van der Waals surface area contributed by atoms with Gasteiger partial charge in [0, 0.05) is 36.9 Å². The van der Waals surface area contributed by atoms with E-state index in [0.29, 0.717) is 5.69 Å². The van der Waals surface area contributed by atoms with Crippen molar-refractivity contribution in [1.29, 1.82) is 0 Å². The van der Waals surface area contributed by atoms with E-state index in [9.17, 15) is 34.6 Å². The van der Waals surface area contributed by atoms with Crippen molar-refractivity contribution in [2.24, 2.45) is 0 Å². The summed E-state index contributed by atoms with van der Waals surface area (Å²) in [6.45, 7) is -0.262. The van der Waals surface area contributed by atoms with Crippen LogP contribution in [0.15, 0.2) is 42.5 Å². The van der Waals surface area contributed by atoms with Crippen molar-refractivity contribution in [3.63, 3.8) is 0 Å². The van der Waals surface area contributed by atoms with E-state index in [1.165, 1.54) is 36.4 Å². The van der Waals surface area contributed by atoms with Gasteiger partial charge in [-0.3, -0.25) is 39.5 Å². The SMILES string of the molecule is O=C(CCN1C(=O)c2cccc([N+](=O)[O-])c2C1=O)Nc1ccc([N+](=O)[O-])cc1. The van der Waals surface area contributed by atoms with Crippen molar-refractivity contribution in [2.45, 2.75) is 6.42 Å². The second kappa shape index (κ2) is 7.23. The minimum atomic E-state index is -0.824. The van der Waals surface area contributed by atoms with Gasteiger partial charge in [0.05, 0.1) is 15.4 Å². The summed E-state index contributed by atoms with van der Waals surface area (Å²) in [7, 11) is 0. The molecule has 0 fully saturated rings. The van der Waals surface area contributed by atoms with E-state index in [2.05, 4.69) is 5.32 Å². The van der Waals surface area contributed by atoms with Gasteiger partial charge in [-0.05, 0) is 18.2 Å². The predicted octanol–water partition coefficient (Wildman–Crippen LogP) is 2.13. The first kappa shape index (κ1) is 18.6. The van der Waals surface area contributed by atoms with Gasteiger partial charge in [-0.2, -0.15) is 0 Å². The number of nitro groups is 2. The molecule has 0 bridgehead atoms. The molecule has 142 valence electrons. The van der Waals surface area contributed by atoms with Crippen LogP contribution in [0.2, 0.25) is 0 Å². The summed E-state index contributed by atoms with van der Waals surface area (Å²) < 4.78 is 0. The van der Waals surface area contributed by atoms with Crippen LogP contribution in [0.5, 0.6) is 0 Å². The van der Waals surface area contributed by atoms with Crippen LogP contribution in [0.3, 0.4) is 0 Å². The molecule has 0 saturated heterocycles. The van der Waals surface area contributed by atoms with Crippen LogP contribution < -0.4 is 5.32 Å². The van der Waals surface area contributed by atoms with Crippen LogP contribution in [0.4, 0.5) is 17.1 Å². The fraction of sp³-hybridized carbons (Fsp3) is 0.118. The highest BCUT2D eigenvalue weighted by Crippen LogP contribution is 2.30. The summed E-state index contributed by atoms with van der Waals surface area (Å²) in [6.07, 6.45) is -0.240. The molecule has 11 heteroatoms. The lowest BCUT2D eigenvalue weighted by Gasteiger charge is -2.13. The lowest BCUT2D eigenvalue weighted by Crippen LogP contribution is -2.33. The van der Waals surface area contributed by atoms with Crippen molar-refractivity contribution in [3.05, 3.63) is 73.8 Å². The Morgan fingerprint density at radius 1 is 0.964 bits per heavy atom. The van der Waals surface area contributed by atoms with E-state index in [0.717, 1.165) is 11.0 Å². The highest BCUT2D eigenvalue weighted by molar-refractivity contribution is 6.23. The molecule has 0 saturated carbocycles. The smallest absolute Gasteiger partial charge is 0.282 e. The van der Waals surface area contributed by atoms with Crippen molar-refractivity contribution >= 4 is 34.8 Å². The van der Waals surface area contributed by atoms with E-state index >= 15 is 0 Å². The molecule has 0 atom stereocenters. The predicted molar refractivity (Wildman–Crippen MR) is 94.8 cm³/mol. The van der Waals surface area contributed by atoms with Crippen molar-refractivity contribution < 1.29 is 24.2 Å². The van der Waals surface area contributed by atoms with Gasteiger partial charge < -0.3 is 5.32 Å². The Bertz CT molecular complexity index is 1020. The quantitative estimate of drug-likeness (QED) is 0.455. The molecular formula is C17H12N4O7. The molecule has 3 amide bonds. The lowest BCUT2D eigenvalue weighted by molar-refractivity contribution is -0.385. The molecule has 28 heavy (non-hydrogen) atoms. The number of rotatable bonds is 6. The number of benzene rings is 2. The van der Waals surface area contributed by atoms with Crippen molar-refractivity contribution in [1.82, 2.24) is 4.90 Å². The first-order valence-corrected chi connectivity index (χ1v) is 7.97. The summed E-state index contributed by atoms with van der Waals surface area (Å²) in [5, 5.41) is 24.2. The van der Waals surface area contributed by atoms with Gasteiger partial charge in [0.25, 0.3) is 23.2 Å². The molecule has 0 aliphatic carbocycles. The number of fused-ring (bicyclic) bond motifs is 1. The molecule has 1 aliphatic heterocycles. The Hall–Kier alpha value is -4.15. The van der Waals surface area contributed by atoms with Crippen LogP contribution in [-0.2, 0) is 4.79 Å². The molecule has 0 spiro atoms. The minimum Gasteiger partial charge on any atom is -0.326 e. The third-order valence-electron chi connectivity index (χ3n) is 4.10. The first-order chi connectivity index (χ1) is 13.3. The van der Waals surface area contributed by atoms with Gasteiger partial charge >= 0.3 is 0 Å². The molecule has 11 nitrogen and oxygen atoms in total. The molecule has 1 aliphatic rings. The zero-order valence-corrected chi connectivity index (χ0v) is 14.2. The second-order valence-electron chi connectivity index (χ2n) is 5.82. The number of non-ortho nitro benzene ring substituents is 1. The summed E-state index contributed by atoms with van der Waals surface area (Å²) >= 11 is 0. The highest BCUT2D eigenvalue weighted by Gasteiger charge is 2.40. The highest BCUT2D eigenvalue weighted by atomic mass is 16.6. The van der Waals surface area contributed by atoms with Gasteiger partial charge in [0.15, 0.2) is 0 Å². The monoisotopic (exact) mass is 384 g/mol. The van der Waals surface area contributed by atoms with Gasteiger partial charge in [0.2, 0.25) is 5.91 Å². The third kappa shape index (κ3) is 3.40. The summed E-state index contributed by atoms with van der Waals surface area (Å²) in [6, 6.07) is 8.90. The standard InChI is InChI=1S/C17H12N4O7/c22-14(18-10-4-6-11(7-5-10)20(25)26)8-9-19-16(23)12-2-1-3-13(21(27)28)15(12)17(19)24/h1-7H,8-9H2,(H,18,22). The van der Waals surface area contributed by atoms with Gasteiger partial charge in [-0.15, -0.1) is 0 Å². The number of imide groups is 1. The van der Waals surface area contributed by atoms with Crippen molar-refractivity contribution in [3.8, 4) is 0 Å². The summed E-state index contributed by atoms with van der Waals surface area (Å²) in [4.78, 5) is 57.9. The fourth-order valence-electron chi connectivity index (χ4n) is 2.77. The Balaban J connectivity index is 1.66. The Morgan fingerprint density at radius 3 is 2.25 bits per heavy atom. The molecule has 0 aromatic heterocycles. The average molecular weight is 384 g/mol. The van der Waals surface area contributed by atoms with Gasteiger partial charge in [-0.1, -0.05) is 6.07 Å². The van der Waals surface area contributed by atoms with Gasteiger partial charge in [0.1, 0.15) is 5.56 Å². The molecule has 2 aromatic rings. The van der Waals surface area contributed by atoms with Crippen molar-refractivity contribution in [2.75, 3.05) is 11.9 Å². The summed E-state index contributed by atoms with van der Waals surface area (Å²) in [5.41, 5.74) is -0.642. The largest absolute Gasteiger partial charge is 0.326 e. The molecule has 3 rings (SSSR count). The maximum Gasteiger partial charge on any atom is 0.282 e. The zero-order chi connectivity index (χ0) is 20.4. The fourth-order valence-corrected chi connectivity index (χ4v) is 2.77. The second-order valence-corrected chi connectivity index (χ2v) is 5.82. The number of amides is 3. The van der Waals surface area contributed by atoms with Gasteiger partial charge in [-0.25, -0.2) is 0 Å². The van der Waals surface area contributed by atoms with Crippen LogP contribution in [-0.4, -0.2) is 39.0 Å². The zero-order valence-electron chi connectivity index (χ0n) is 14.2. The number of nitrogens with one attached hydrogen (secondary N) is 1. The number of nitro benzene ring substituents is 2. The molecule has 0 unspecified atom stereocenters. The Morgan fingerprint density at radius 2 is 1.64 bits per heavy atom. The van der Waals surface area contributed by atoms with E-state index in [-0.39, 0.29) is 29.8 Å². The van der Waals surface area contributed by atoms with E-state index in [1.807, 2.05) is 0 Å². The summed E-state index contributed by atoms with van der Waals surface area (Å²) in [5.74, 6) is -2.05. The molecular weight excluding hydrogens is 372 g/mol. The average Bonchev–Trinajstić information content (AvgIpc) is 2.91. The molecule has 1 heterocycles. The molecule has 0 radical (unpaired) electrons. The maximum absolute atomic E-state index is 12.4. The van der Waals surface area contributed by atoms with Crippen LogP contribution in [0.1, 0.15) is 27.1 Å². The molecule has 2 aromatic carbocycles. The van der Waals surface area contributed by atoms with Crippen LogP contribution in [0, 0.1) is 20.2 Å². The number of anilines is 1. The lowest BCUT2D eigenvalue weighted by atomic mass is 10.1. The van der Waals surface area contributed by atoms with E-state index < -0.39 is 33.3 Å². The minimum absolute atomic E-state index is 0.0741. The third-order valence-corrected chi connectivity index (χ3v) is 4.10. The maximum atomic E-state index is 12.4. The van der Waals surface area contributed by atoms with Crippen LogP contribution in [0.25, 0.3) is 0 Å². The number of hydrogen-bond acceptors (Lipinski definition) is 7. The van der Waals surface area contributed by atoms with E-state index in [4.69, 9.17) is 0 Å². The number of carbonyl (C=O) groups excluding carboxylic acids is 3. The topological polar surface area (TPSA) is 153 Å². The number of hydrogen-bond donors (Lipinski definition) is 1. The first-order valence-electron chi connectivity index (χ1n) is 7.97. The normalized spacial score (nSPS) is 12.6. The Labute approximate surface area is 156 Å².